The molecule has 2 aromatic heterocycles. The number of hydrogen-bond acceptors (Lipinski definition) is 5. The minimum Gasteiger partial charge on any atom is -0.338 e. The van der Waals surface area contributed by atoms with Crippen LogP contribution in [0, 0.1) is 10.1 Å². The zero-order chi connectivity index (χ0) is 22.5. The Kier molecular flexibility index (Phi) is 6.42. The van der Waals surface area contributed by atoms with Crippen LogP contribution >= 0.6 is 11.3 Å². The van der Waals surface area contributed by atoms with Crippen LogP contribution in [0.4, 0.5) is 5.69 Å². The van der Waals surface area contributed by atoms with E-state index in [0.717, 1.165) is 21.7 Å². The predicted octanol–water partition coefficient (Wildman–Crippen LogP) is 5.10. The number of likely N-dealkylation sites (N-methyl/N-ethyl adjacent to an activating group) is 1. The van der Waals surface area contributed by atoms with Gasteiger partial charge in [0, 0.05) is 40.9 Å². The molecule has 0 saturated heterocycles. The molecule has 2 heterocycles. The number of hydrogen-bond donors (Lipinski definition) is 0. The first-order chi connectivity index (χ1) is 15.5. The third-order valence-corrected chi connectivity index (χ3v) is 6.03. The molecule has 162 valence electrons. The summed E-state index contributed by atoms with van der Waals surface area (Å²) < 4.78 is 1.74. The van der Waals surface area contributed by atoms with E-state index in [0.29, 0.717) is 18.8 Å². The minimum absolute atomic E-state index is 0.0108. The molecule has 0 N–H and O–H groups in total. The average molecular weight is 447 g/mol. The van der Waals surface area contributed by atoms with E-state index >= 15 is 0 Å². The van der Waals surface area contributed by atoms with Crippen LogP contribution in [0.2, 0.25) is 0 Å². The Labute approximate surface area is 189 Å². The van der Waals surface area contributed by atoms with E-state index in [4.69, 9.17) is 5.10 Å². The molecule has 0 saturated carbocycles. The number of rotatable bonds is 8. The van der Waals surface area contributed by atoms with Gasteiger partial charge in [-0.1, -0.05) is 24.3 Å². The summed E-state index contributed by atoms with van der Waals surface area (Å²) in [5.41, 5.74) is 3.04. The monoisotopic (exact) mass is 446 g/mol. The van der Waals surface area contributed by atoms with E-state index < -0.39 is 4.92 Å². The Morgan fingerprint density at radius 2 is 1.84 bits per heavy atom. The van der Waals surface area contributed by atoms with Crippen LogP contribution in [0.3, 0.4) is 0 Å². The molecule has 0 aliphatic heterocycles. The lowest BCUT2D eigenvalue weighted by molar-refractivity contribution is -0.384. The first-order valence-corrected chi connectivity index (χ1v) is 11.1. The molecule has 0 aliphatic rings. The average Bonchev–Trinajstić information content (AvgIpc) is 3.48. The second-order valence-corrected chi connectivity index (χ2v) is 8.28. The number of carbonyl (C=O) groups excluding carboxylic acids is 1. The molecule has 0 radical (unpaired) electrons. The zero-order valence-electron chi connectivity index (χ0n) is 17.5. The maximum Gasteiger partial charge on any atom is 0.269 e. The van der Waals surface area contributed by atoms with E-state index in [1.54, 1.807) is 28.2 Å². The normalized spacial score (nSPS) is 10.8. The van der Waals surface area contributed by atoms with Crippen molar-refractivity contribution in [2.75, 3.05) is 6.54 Å². The molecule has 32 heavy (non-hydrogen) atoms. The Hall–Kier alpha value is -3.78. The van der Waals surface area contributed by atoms with Crippen molar-refractivity contribution in [3.05, 3.63) is 98.9 Å². The van der Waals surface area contributed by atoms with Gasteiger partial charge in [0.2, 0.25) is 5.91 Å². The predicted molar refractivity (Wildman–Crippen MR) is 125 cm³/mol. The summed E-state index contributed by atoms with van der Waals surface area (Å²) >= 11 is 1.63. The quantitative estimate of drug-likeness (QED) is 0.279. The zero-order valence-corrected chi connectivity index (χ0v) is 18.4. The number of benzene rings is 2. The van der Waals surface area contributed by atoms with Gasteiger partial charge < -0.3 is 4.90 Å². The van der Waals surface area contributed by atoms with Gasteiger partial charge in [-0.25, -0.2) is 4.68 Å². The lowest BCUT2D eigenvalue weighted by atomic mass is 10.0. The Morgan fingerprint density at radius 3 is 2.47 bits per heavy atom. The minimum atomic E-state index is -0.430. The lowest BCUT2D eigenvalue weighted by Crippen LogP contribution is -2.31. The molecule has 0 unspecified atom stereocenters. The molecule has 1 amide bonds. The number of non-ortho nitro benzene ring substituents is 1. The van der Waals surface area contributed by atoms with Crippen LogP contribution in [0.25, 0.3) is 16.9 Å². The van der Waals surface area contributed by atoms with Gasteiger partial charge in [0.05, 0.1) is 29.3 Å². The topological polar surface area (TPSA) is 81.3 Å². The van der Waals surface area contributed by atoms with E-state index in [1.165, 1.54) is 12.1 Å². The van der Waals surface area contributed by atoms with Gasteiger partial charge in [0.25, 0.3) is 5.69 Å². The van der Waals surface area contributed by atoms with Gasteiger partial charge in [-0.05, 0) is 42.6 Å². The maximum absolute atomic E-state index is 13.1. The molecule has 8 heteroatoms. The molecule has 0 bridgehead atoms. The van der Waals surface area contributed by atoms with Crippen LogP contribution in [0.1, 0.15) is 17.4 Å². The number of nitro benzene ring substituents is 1. The van der Waals surface area contributed by atoms with Crippen molar-refractivity contribution in [3.63, 3.8) is 0 Å². The highest BCUT2D eigenvalue weighted by Crippen LogP contribution is 2.27. The number of nitrogens with zero attached hydrogens (tertiary/aromatic N) is 4. The first-order valence-electron chi connectivity index (χ1n) is 10.2. The summed E-state index contributed by atoms with van der Waals surface area (Å²) in [7, 11) is 0. The van der Waals surface area contributed by atoms with Crippen molar-refractivity contribution < 1.29 is 9.72 Å². The van der Waals surface area contributed by atoms with Gasteiger partial charge in [0.15, 0.2) is 0 Å². The van der Waals surface area contributed by atoms with E-state index in [-0.39, 0.29) is 18.0 Å². The van der Waals surface area contributed by atoms with Crippen LogP contribution in [0.15, 0.2) is 78.3 Å². The van der Waals surface area contributed by atoms with Gasteiger partial charge in [0.1, 0.15) is 0 Å². The van der Waals surface area contributed by atoms with E-state index in [1.807, 2.05) is 65.9 Å². The molecule has 2 aromatic carbocycles. The molecule has 0 fully saturated rings. The number of para-hydroxylation sites is 1. The largest absolute Gasteiger partial charge is 0.338 e. The molecule has 0 spiro atoms. The summed E-state index contributed by atoms with van der Waals surface area (Å²) in [4.78, 5) is 26.7. The summed E-state index contributed by atoms with van der Waals surface area (Å²) in [5.74, 6) is 0.0108. The first kappa shape index (κ1) is 21.5. The fourth-order valence-electron chi connectivity index (χ4n) is 3.48. The van der Waals surface area contributed by atoms with Crippen LogP contribution in [-0.4, -0.2) is 32.1 Å². The number of amides is 1. The highest BCUT2D eigenvalue weighted by molar-refractivity contribution is 7.09. The van der Waals surface area contributed by atoms with E-state index in [9.17, 15) is 14.9 Å². The summed E-state index contributed by atoms with van der Waals surface area (Å²) in [6, 6.07) is 19.9. The number of thiophene rings is 1. The van der Waals surface area contributed by atoms with E-state index in [2.05, 4.69) is 0 Å². The van der Waals surface area contributed by atoms with Crippen LogP contribution in [-0.2, 0) is 17.8 Å². The fourth-order valence-corrected chi connectivity index (χ4v) is 4.20. The third kappa shape index (κ3) is 4.76. The second-order valence-electron chi connectivity index (χ2n) is 7.25. The highest BCUT2D eigenvalue weighted by Gasteiger charge is 2.20. The smallest absolute Gasteiger partial charge is 0.269 e. The van der Waals surface area contributed by atoms with Crippen molar-refractivity contribution in [2.45, 2.75) is 19.9 Å². The third-order valence-electron chi connectivity index (χ3n) is 5.17. The van der Waals surface area contributed by atoms with Crippen molar-refractivity contribution >= 4 is 22.9 Å². The van der Waals surface area contributed by atoms with Crippen molar-refractivity contribution in [1.82, 2.24) is 14.7 Å². The second kappa shape index (κ2) is 9.57. The van der Waals surface area contributed by atoms with Crippen LogP contribution < -0.4 is 0 Å². The number of aromatic nitrogens is 2. The van der Waals surface area contributed by atoms with Crippen molar-refractivity contribution in [3.8, 4) is 16.9 Å². The number of carbonyl (C=O) groups is 1. The highest BCUT2D eigenvalue weighted by atomic mass is 32.1. The number of nitro groups is 1. The summed E-state index contributed by atoms with van der Waals surface area (Å²) in [6.07, 6.45) is 2.06. The van der Waals surface area contributed by atoms with Crippen molar-refractivity contribution in [2.24, 2.45) is 0 Å². The molecule has 4 aromatic rings. The summed E-state index contributed by atoms with van der Waals surface area (Å²) in [5, 5.41) is 17.7. The Morgan fingerprint density at radius 1 is 1.09 bits per heavy atom. The molecular weight excluding hydrogens is 424 g/mol. The molecular formula is C24H22N4O3S. The SMILES string of the molecule is CCN(Cc1cccs1)C(=O)Cc1cn(-c2ccccc2)nc1-c1ccc([N+](=O)[O-])cc1. The molecule has 7 nitrogen and oxygen atoms in total. The molecule has 4 rings (SSSR count). The molecule has 0 aliphatic carbocycles. The van der Waals surface area contributed by atoms with Gasteiger partial charge in [-0.2, -0.15) is 5.10 Å². The summed E-state index contributed by atoms with van der Waals surface area (Å²) in [6.45, 7) is 3.15. The fraction of sp³-hybridized carbons (Fsp3) is 0.167. The standard InChI is InChI=1S/C24H22N4O3S/c1-2-26(17-22-9-6-14-32-22)23(29)15-19-16-27(20-7-4-3-5-8-20)25-24(19)18-10-12-21(13-11-18)28(30)31/h3-14,16H,2,15,17H2,1H3. The van der Waals surface area contributed by atoms with Crippen molar-refractivity contribution in [1.29, 1.82) is 0 Å². The van der Waals surface area contributed by atoms with Crippen LogP contribution in [0.5, 0.6) is 0 Å². The Balaban J connectivity index is 1.66. The van der Waals surface area contributed by atoms with Gasteiger partial charge >= 0.3 is 0 Å². The molecule has 0 atom stereocenters. The Bertz CT molecular complexity index is 1200. The van der Waals surface area contributed by atoms with Gasteiger partial charge in [-0.15, -0.1) is 11.3 Å². The van der Waals surface area contributed by atoms with Gasteiger partial charge in [-0.3, -0.25) is 14.9 Å². The maximum atomic E-state index is 13.1. The lowest BCUT2D eigenvalue weighted by Gasteiger charge is -2.20.